The van der Waals surface area contributed by atoms with Gasteiger partial charge in [-0.25, -0.2) is 0 Å². The number of alkyl halides is 2. The van der Waals surface area contributed by atoms with Crippen molar-refractivity contribution in [2.24, 2.45) is 17.8 Å². The number of hydrogen-bond acceptors (Lipinski definition) is 1. The molecule has 1 saturated carbocycles. The van der Waals surface area contributed by atoms with Crippen molar-refractivity contribution in [3.63, 3.8) is 0 Å². The molecule has 0 saturated heterocycles. The van der Waals surface area contributed by atoms with E-state index < -0.39 is 0 Å². The summed E-state index contributed by atoms with van der Waals surface area (Å²) in [6.07, 6.45) is 3.52. The van der Waals surface area contributed by atoms with Crippen LogP contribution in [0.1, 0.15) is 40.0 Å². The molecule has 0 bridgehead atoms. The first-order valence-corrected chi connectivity index (χ1v) is 6.39. The third kappa shape index (κ3) is 5.43. The van der Waals surface area contributed by atoms with Crippen LogP contribution in [0.5, 0.6) is 0 Å². The topological polar surface area (TPSA) is 20.2 Å². The molecule has 1 aliphatic rings. The van der Waals surface area contributed by atoms with Gasteiger partial charge in [-0.3, -0.25) is 0 Å². The smallest absolute Gasteiger partial charge is 0.0967 e. The maximum atomic E-state index is 9.71. The van der Waals surface area contributed by atoms with E-state index in [1.165, 1.54) is 12.8 Å². The van der Waals surface area contributed by atoms with E-state index in [0.29, 0.717) is 11.8 Å². The molecule has 0 aromatic carbocycles. The van der Waals surface area contributed by atoms with Gasteiger partial charge in [-0.15, -0.1) is 23.2 Å². The quantitative estimate of drug-likeness (QED) is 0.691. The second kappa shape index (κ2) is 7.78. The standard InChI is InChI=1S/C10H20O.CH2Cl2/c1-7(2)9-5-4-8(3)6-10(9)11;2-1-3/h7-11H,4-6H2,1-3H3;1H2/t8-,9+,10-;/m1./s1. The Morgan fingerprint density at radius 1 is 1.29 bits per heavy atom. The zero-order valence-electron chi connectivity index (χ0n) is 9.34. The molecule has 0 aromatic rings. The molecule has 1 N–H and O–H groups in total. The minimum absolute atomic E-state index is 0.0289. The van der Waals surface area contributed by atoms with Crippen LogP contribution in [0.2, 0.25) is 0 Å². The molecule has 0 spiro atoms. The highest BCUT2D eigenvalue weighted by Crippen LogP contribution is 2.33. The van der Waals surface area contributed by atoms with Crippen LogP contribution in [-0.2, 0) is 0 Å². The van der Waals surface area contributed by atoms with E-state index in [9.17, 15) is 5.11 Å². The minimum Gasteiger partial charge on any atom is -0.393 e. The van der Waals surface area contributed by atoms with Crippen LogP contribution in [0.3, 0.4) is 0 Å². The molecule has 1 aliphatic carbocycles. The lowest BCUT2D eigenvalue weighted by Gasteiger charge is -2.33. The van der Waals surface area contributed by atoms with Gasteiger partial charge in [0.1, 0.15) is 0 Å². The second-order valence-corrected chi connectivity index (χ2v) is 5.30. The largest absolute Gasteiger partial charge is 0.393 e. The number of aliphatic hydroxyl groups excluding tert-OH is 1. The Bertz CT molecular complexity index is 139. The molecule has 0 radical (unpaired) electrons. The molecule has 1 fully saturated rings. The highest BCUT2D eigenvalue weighted by atomic mass is 35.5. The lowest BCUT2D eigenvalue weighted by Crippen LogP contribution is -2.31. The van der Waals surface area contributed by atoms with Gasteiger partial charge in [0.25, 0.3) is 0 Å². The van der Waals surface area contributed by atoms with E-state index in [-0.39, 0.29) is 11.4 Å². The summed E-state index contributed by atoms with van der Waals surface area (Å²) >= 11 is 9.53. The third-order valence-electron chi connectivity index (χ3n) is 2.99. The average Bonchev–Trinajstić information content (AvgIpc) is 2.04. The third-order valence-corrected chi connectivity index (χ3v) is 2.99. The van der Waals surface area contributed by atoms with Gasteiger partial charge in [0.05, 0.1) is 11.4 Å². The van der Waals surface area contributed by atoms with Crippen LogP contribution in [0, 0.1) is 17.8 Å². The summed E-state index contributed by atoms with van der Waals surface area (Å²) in [7, 11) is 0. The Hall–Kier alpha value is 0.540. The molecule has 3 atom stereocenters. The molecule has 0 unspecified atom stereocenters. The van der Waals surface area contributed by atoms with Gasteiger partial charge in [0.2, 0.25) is 0 Å². The highest BCUT2D eigenvalue weighted by molar-refractivity contribution is 6.40. The Morgan fingerprint density at radius 2 is 1.79 bits per heavy atom. The first kappa shape index (κ1) is 14.5. The molecule has 1 nitrogen and oxygen atoms in total. The van der Waals surface area contributed by atoms with Crippen molar-refractivity contribution < 1.29 is 5.11 Å². The summed E-state index contributed by atoms with van der Waals surface area (Å²) in [5.74, 6) is 1.95. The molecule has 86 valence electrons. The molecule has 0 aliphatic heterocycles. The fraction of sp³-hybridized carbons (Fsp3) is 1.00. The van der Waals surface area contributed by atoms with Gasteiger partial charge >= 0.3 is 0 Å². The van der Waals surface area contributed by atoms with Crippen LogP contribution in [0.15, 0.2) is 0 Å². The van der Waals surface area contributed by atoms with Crippen molar-refractivity contribution in [3.05, 3.63) is 0 Å². The lowest BCUT2D eigenvalue weighted by atomic mass is 9.75. The zero-order valence-corrected chi connectivity index (χ0v) is 10.9. The summed E-state index contributed by atoms with van der Waals surface area (Å²) in [6.45, 7) is 6.66. The van der Waals surface area contributed by atoms with Crippen molar-refractivity contribution in [3.8, 4) is 0 Å². The fourth-order valence-corrected chi connectivity index (χ4v) is 2.15. The van der Waals surface area contributed by atoms with Gasteiger partial charge in [-0.05, 0) is 30.6 Å². The van der Waals surface area contributed by atoms with Crippen LogP contribution in [0.25, 0.3) is 0 Å². The predicted octanol–water partition coefficient (Wildman–Crippen LogP) is 3.86. The second-order valence-electron chi connectivity index (χ2n) is 4.49. The van der Waals surface area contributed by atoms with Crippen molar-refractivity contribution in [2.45, 2.75) is 46.1 Å². The SMILES string of the molecule is CC(C)[C@@H]1CC[C@@H](C)C[C@H]1O.ClCCl. The maximum absolute atomic E-state index is 9.71. The summed E-state index contributed by atoms with van der Waals surface area (Å²) in [5.41, 5.74) is 0. The first-order chi connectivity index (χ1) is 6.52. The highest BCUT2D eigenvalue weighted by Gasteiger charge is 2.28. The molecule has 1 rings (SSSR count). The van der Waals surface area contributed by atoms with Crippen molar-refractivity contribution in [1.29, 1.82) is 0 Å². The van der Waals surface area contributed by atoms with Gasteiger partial charge in [0.15, 0.2) is 0 Å². The fourth-order valence-electron chi connectivity index (χ4n) is 2.15. The summed E-state index contributed by atoms with van der Waals surface area (Å²) in [4.78, 5) is 0. The van der Waals surface area contributed by atoms with E-state index in [2.05, 4.69) is 20.8 Å². The molecule has 0 amide bonds. The monoisotopic (exact) mass is 240 g/mol. The Labute approximate surface area is 97.8 Å². The van der Waals surface area contributed by atoms with Gasteiger partial charge in [-0.1, -0.05) is 27.2 Å². The minimum atomic E-state index is -0.0289. The van der Waals surface area contributed by atoms with Crippen LogP contribution in [-0.4, -0.2) is 16.5 Å². The van der Waals surface area contributed by atoms with Crippen molar-refractivity contribution in [2.75, 3.05) is 5.34 Å². The van der Waals surface area contributed by atoms with E-state index in [0.717, 1.165) is 12.3 Å². The maximum Gasteiger partial charge on any atom is 0.0967 e. The van der Waals surface area contributed by atoms with Gasteiger partial charge < -0.3 is 5.11 Å². The van der Waals surface area contributed by atoms with Crippen molar-refractivity contribution >= 4 is 23.2 Å². The molecule has 3 heteroatoms. The Morgan fingerprint density at radius 3 is 2.14 bits per heavy atom. The Kier molecular flexibility index (Phi) is 8.08. The van der Waals surface area contributed by atoms with E-state index in [1.807, 2.05) is 0 Å². The van der Waals surface area contributed by atoms with E-state index in [4.69, 9.17) is 23.2 Å². The molecular weight excluding hydrogens is 219 g/mol. The van der Waals surface area contributed by atoms with Crippen molar-refractivity contribution in [1.82, 2.24) is 0 Å². The Balaban J connectivity index is 0.000000500. The zero-order chi connectivity index (χ0) is 11.1. The first-order valence-electron chi connectivity index (χ1n) is 5.32. The predicted molar refractivity (Wildman–Crippen MR) is 63.9 cm³/mol. The summed E-state index contributed by atoms with van der Waals surface area (Å²) in [6, 6.07) is 0. The van der Waals surface area contributed by atoms with Gasteiger partial charge in [0, 0.05) is 0 Å². The molecule has 0 heterocycles. The summed E-state index contributed by atoms with van der Waals surface area (Å²) < 4.78 is 0. The summed E-state index contributed by atoms with van der Waals surface area (Å²) in [5, 5.41) is 9.90. The lowest BCUT2D eigenvalue weighted by molar-refractivity contribution is 0.0266. The average molecular weight is 241 g/mol. The van der Waals surface area contributed by atoms with Crippen LogP contribution < -0.4 is 0 Å². The molecule has 14 heavy (non-hydrogen) atoms. The van der Waals surface area contributed by atoms with Gasteiger partial charge in [-0.2, -0.15) is 0 Å². The number of halogens is 2. The van der Waals surface area contributed by atoms with E-state index in [1.54, 1.807) is 0 Å². The molecule has 0 aromatic heterocycles. The van der Waals surface area contributed by atoms with Crippen LogP contribution >= 0.6 is 23.2 Å². The number of hydrogen-bond donors (Lipinski definition) is 1. The van der Waals surface area contributed by atoms with Crippen LogP contribution in [0.4, 0.5) is 0 Å². The number of aliphatic hydroxyl groups is 1. The normalized spacial score (nSPS) is 32.4. The van der Waals surface area contributed by atoms with E-state index >= 15 is 0 Å². The molecular formula is C11H22Cl2O. The number of rotatable bonds is 1.